The topological polar surface area (TPSA) is 82.0 Å². The fourth-order valence-corrected chi connectivity index (χ4v) is 3.69. The van der Waals surface area contributed by atoms with Gasteiger partial charge in [-0.2, -0.15) is 9.61 Å². The average molecular weight is 314 g/mol. The van der Waals surface area contributed by atoms with Crippen LogP contribution < -0.4 is 5.73 Å². The molecule has 0 saturated heterocycles. The first-order valence-electron chi connectivity index (χ1n) is 6.24. The smallest absolute Gasteiger partial charge is 0.235 e. The third-order valence-electron chi connectivity index (χ3n) is 3.04. The average Bonchev–Trinajstić information content (AvgIpc) is 3.23. The third kappa shape index (κ3) is 2.13. The fraction of sp³-hybridized carbons (Fsp3) is 0.0769. The van der Waals surface area contributed by atoms with Gasteiger partial charge in [0.15, 0.2) is 5.82 Å². The molecule has 4 rings (SSSR count). The molecule has 0 aromatic carbocycles. The summed E-state index contributed by atoms with van der Waals surface area (Å²) in [4.78, 5) is 5.92. The molecule has 0 bridgehead atoms. The first-order chi connectivity index (χ1) is 10.3. The van der Waals surface area contributed by atoms with Crippen LogP contribution in [0.3, 0.4) is 0 Å². The van der Waals surface area contributed by atoms with Crippen LogP contribution in [0.25, 0.3) is 16.3 Å². The molecule has 0 aliphatic carbocycles. The molecule has 0 spiro atoms. The SMILES string of the molecule is NC(c1cccs1)c1nn2c(-c3cccnc3)nnc2s1. The van der Waals surface area contributed by atoms with Crippen LogP contribution in [0.5, 0.6) is 0 Å². The molecular weight excluding hydrogens is 304 g/mol. The number of nitrogens with two attached hydrogens (primary N) is 1. The molecule has 6 nitrogen and oxygen atoms in total. The maximum Gasteiger partial charge on any atom is 0.235 e. The highest BCUT2D eigenvalue weighted by molar-refractivity contribution is 7.17. The van der Waals surface area contributed by atoms with Gasteiger partial charge in [-0.3, -0.25) is 4.98 Å². The van der Waals surface area contributed by atoms with E-state index < -0.39 is 0 Å². The molecule has 4 aromatic rings. The molecule has 8 heteroatoms. The van der Waals surface area contributed by atoms with Gasteiger partial charge in [-0.15, -0.1) is 21.5 Å². The minimum absolute atomic E-state index is 0.224. The van der Waals surface area contributed by atoms with Crippen molar-refractivity contribution in [3.8, 4) is 11.4 Å². The van der Waals surface area contributed by atoms with E-state index in [-0.39, 0.29) is 6.04 Å². The Morgan fingerprint density at radius 1 is 1.19 bits per heavy atom. The molecule has 4 heterocycles. The summed E-state index contributed by atoms with van der Waals surface area (Å²) < 4.78 is 1.73. The molecular formula is C13H10N6S2. The summed E-state index contributed by atoms with van der Waals surface area (Å²) >= 11 is 3.08. The van der Waals surface area contributed by atoms with Crippen molar-refractivity contribution in [2.24, 2.45) is 5.73 Å². The zero-order valence-corrected chi connectivity index (χ0v) is 12.4. The van der Waals surface area contributed by atoms with Gasteiger partial charge in [-0.25, -0.2) is 0 Å². The monoisotopic (exact) mass is 314 g/mol. The van der Waals surface area contributed by atoms with Crippen LogP contribution in [-0.2, 0) is 0 Å². The maximum atomic E-state index is 6.26. The Labute approximate surface area is 127 Å². The maximum absolute atomic E-state index is 6.26. The van der Waals surface area contributed by atoms with Gasteiger partial charge in [-0.05, 0) is 23.6 Å². The van der Waals surface area contributed by atoms with Crippen LogP contribution in [0.4, 0.5) is 0 Å². The lowest BCUT2D eigenvalue weighted by atomic mass is 10.3. The summed E-state index contributed by atoms with van der Waals surface area (Å²) in [7, 11) is 0. The van der Waals surface area contributed by atoms with Crippen LogP contribution in [-0.4, -0.2) is 24.8 Å². The highest BCUT2D eigenvalue weighted by Gasteiger charge is 2.19. The molecule has 0 amide bonds. The Bertz CT molecular complexity index is 865. The van der Waals surface area contributed by atoms with E-state index >= 15 is 0 Å². The minimum atomic E-state index is -0.224. The van der Waals surface area contributed by atoms with Crippen molar-refractivity contribution in [3.63, 3.8) is 0 Å². The number of rotatable bonds is 3. The first-order valence-corrected chi connectivity index (χ1v) is 7.94. The predicted octanol–water partition coefficient (Wildman–Crippen LogP) is 2.36. The van der Waals surface area contributed by atoms with Crippen LogP contribution in [0.1, 0.15) is 15.9 Å². The van der Waals surface area contributed by atoms with Crippen molar-refractivity contribution in [2.45, 2.75) is 6.04 Å². The van der Waals surface area contributed by atoms with E-state index in [1.54, 1.807) is 28.2 Å². The van der Waals surface area contributed by atoms with Crippen LogP contribution in [0.2, 0.25) is 0 Å². The lowest BCUT2D eigenvalue weighted by molar-refractivity contribution is 0.819. The molecule has 0 aliphatic rings. The van der Waals surface area contributed by atoms with E-state index in [2.05, 4.69) is 20.3 Å². The van der Waals surface area contributed by atoms with Crippen molar-refractivity contribution in [1.82, 2.24) is 24.8 Å². The molecule has 0 saturated carbocycles. The Kier molecular flexibility index (Phi) is 2.99. The number of fused-ring (bicyclic) bond motifs is 1. The number of nitrogens with zero attached hydrogens (tertiary/aromatic N) is 5. The second kappa shape index (κ2) is 4.99. The van der Waals surface area contributed by atoms with Crippen LogP contribution in [0.15, 0.2) is 42.0 Å². The van der Waals surface area contributed by atoms with Crippen molar-refractivity contribution >= 4 is 27.6 Å². The minimum Gasteiger partial charge on any atom is -0.318 e. The van der Waals surface area contributed by atoms with E-state index in [9.17, 15) is 0 Å². The summed E-state index contributed by atoms with van der Waals surface area (Å²) in [6, 6.07) is 7.57. The van der Waals surface area contributed by atoms with Gasteiger partial charge >= 0.3 is 0 Å². The van der Waals surface area contributed by atoms with Gasteiger partial charge in [0.1, 0.15) is 5.01 Å². The molecule has 104 valence electrons. The number of pyridine rings is 1. The van der Waals surface area contributed by atoms with E-state index in [1.807, 2.05) is 29.6 Å². The first kappa shape index (κ1) is 12.6. The standard InChI is InChI=1S/C13H10N6S2/c14-10(9-4-2-6-20-9)12-18-19-11(16-17-13(19)21-12)8-3-1-5-15-7-8/h1-7,10H,14H2. The Morgan fingerprint density at radius 2 is 2.14 bits per heavy atom. The summed E-state index contributed by atoms with van der Waals surface area (Å²) in [5.41, 5.74) is 7.14. The molecule has 0 aliphatic heterocycles. The van der Waals surface area contributed by atoms with Crippen molar-refractivity contribution in [1.29, 1.82) is 0 Å². The quantitative estimate of drug-likeness (QED) is 0.628. The predicted molar refractivity (Wildman–Crippen MR) is 82.2 cm³/mol. The van der Waals surface area contributed by atoms with Gasteiger partial charge in [0, 0.05) is 22.8 Å². The Hall–Kier alpha value is -2.16. The van der Waals surface area contributed by atoms with Crippen molar-refractivity contribution < 1.29 is 0 Å². The molecule has 1 atom stereocenters. The molecule has 2 N–H and O–H groups in total. The zero-order chi connectivity index (χ0) is 14.2. The highest BCUT2D eigenvalue weighted by atomic mass is 32.1. The van der Waals surface area contributed by atoms with Crippen LogP contribution >= 0.6 is 22.7 Å². The summed E-state index contributed by atoms with van der Waals surface area (Å²) in [6.07, 6.45) is 3.47. The van der Waals surface area contributed by atoms with Gasteiger partial charge in [0.05, 0.1) is 6.04 Å². The molecule has 21 heavy (non-hydrogen) atoms. The molecule has 1 unspecified atom stereocenters. The number of hydrogen-bond acceptors (Lipinski definition) is 7. The third-order valence-corrected chi connectivity index (χ3v) is 4.98. The number of aromatic nitrogens is 5. The van der Waals surface area contributed by atoms with Crippen molar-refractivity contribution in [3.05, 3.63) is 51.9 Å². The van der Waals surface area contributed by atoms with Gasteiger partial charge in [-0.1, -0.05) is 17.4 Å². The summed E-state index contributed by atoms with van der Waals surface area (Å²) in [6.45, 7) is 0. The second-order valence-corrected chi connectivity index (χ2v) is 6.36. The Morgan fingerprint density at radius 3 is 2.90 bits per heavy atom. The zero-order valence-electron chi connectivity index (χ0n) is 10.7. The van der Waals surface area contributed by atoms with Crippen molar-refractivity contribution in [2.75, 3.05) is 0 Å². The summed E-state index contributed by atoms with van der Waals surface area (Å²) in [5.74, 6) is 0.680. The lowest BCUT2D eigenvalue weighted by Gasteiger charge is -2.03. The fourth-order valence-electron chi connectivity index (χ4n) is 2.02. The number of hydrogen-bond donors (Lipinski definition) is 1. The highest BCUT2D eigenvalue weighted by Crippen LogP contribution is 2.28. The second-order valence-electron chi connectivity index (χ2n) is 4.39. The lowest BCUT2D eigenvalue weighted by Crippen LogP contribution is -2.10. The van der Waals surface area contributed by atoms with Crippen LogP contribution in [0, 0.1) is 0 Å². The van der Waals surface area contributed by atoms with E-state index in [0.29, 0.717) is 5.82 Å². The molecule has 4 aromatic heterocycles. The molecule has 0 fully saturated rings. The van der Waals surface area contributed by atoms with E-state index in [1.165, 1.54) is 11.3 Å². The number of thiophene rings is 1. The van der Waals surface area contributed by atoms with E-state index in [4.69, 9.17) is 5.73 Å². The van der Waals surface area contributed by atoms with Gasteiger partial charge < -0.3 is 5.73 Å². The molecule has 0 radical (unpaired) electrons. The van der Waals surface area contributed by atoms with Gasteiger partial charge in [0.2, 0.25) is 4.96 Å². The summed E-state index contributed by atoms with van der Waals surface area (Å²) in [5, 5.41) is 15.7. The van der Waals surface area contributed by atoms with Gasteiger partial charge in [0.25, 0.3) is 0 Å². The Balaban J connectivity index is 1.80. The van der Waals surface area contributed by atoms with E-state index in [0.717, 1.165) is 20.4 Å². The normalized spacial score (nSPS) is 12.8. The largest absolute Gasteiger partial charge is 0.318 e.